The van der Waals surface area contributed by atoms with Gasteiger partial charge in [0.25, 0.3) is 0 Å². The van der Waals surface area contributed by atoms with Gasteiger partial charge < -0.3 is 15.2 Å². The van der Waals surface area contributed by atoms with E-state index in [1.165, 1.54) is 4.31 Å². The normalized spacial score (nSPS) is 15.2. The van der Waals surface area contributed by atoms with Crippen LogP contribution in [0.15, 0.2) is 39.8 Å². The van der Waals surface area contributed by atoms with Crippen molar-refractivity contribution in [2.75, 3.05) is 30.3 Å². The van der Waals surface area contributed by atoms with Crippen LogP contribution >= 0.6 is 0 Å². The second-order valence-electron chi connectivity index (χ2n) is 5.86. The highest BCUT2D eigenvalue weighted by atomic mass is 32.2. The Kier molecular flexibility index (Phi) is 5.05. The highest BCUT2D eigenvalue weighted by Gasteiger charge is 2.27. The van der Waals surface area contributed by atoms with Gasteiger partial charge in [-0.05, 0) is 38.0 Å². The molecule has 0 bridgehead atoms. The van der Waals surface area contributed by atoms with Gasteiger partial charge in [0.05, 0.1) is 11.4 Å². The highest BCUT2D eigenvalue weighted by molar-refractivity contribution is 7.89. The fraction of sp³-hybridized carbons (Fsp3) is 0.375. The summed E-state index contributed by atoms with van der Waals surface area (Å²) in [5, 5.41) is 9.19. The van der Waals surface area contributed by atoms with Crippen LogP contribution in [0.25, 0.3) is 0 Å². The number of carbonyl (C=O) groups excluding carboxylic acids is 1. The molecule has 8 nitrogen and oxygen atoms in total. The molecule has 25 heavy (non-hydrogen) atoms. The zero-order valence-corrected chi connectivity index (χ0v) is 14.7. The van der Waals surface area contributed by atoms with Gasteiger partial charge in [0, 0.05) is 24.8 Å². The fourth-order valence-electron chi connectivity index (χ4n) is 2.64. The number of aryl methyl sites for hydroxylation is 1. The van der Waals surface area contributed by atoms with Crippen molar-refractivity contribution in [3.63, 3.8) is 0 Å². The maximum absolute atomic E-state index is 12.6. The van der Waals surface area contributed by atoms with Crippen molar-refractivity contribution in [2.45, 2.75) is 24.7 Å². The molecule has 1 amide bonds. The minimum absolute atomic E-state index is 0.0148. The number of benzene rings is 1. The van der Waals surface area contributed by atoms with Crippen LogP contribution in [0.4, 0.5) is 11.5 Å². The van der Waals surface area contributed by atoms with E-state index in [-0.39, 0.29) is 17.3 Å². The maximum Gasteiger partial charge on any atom is 0.244 e. The minimum atomic E-state index is -3.48. The lowest BCUT2D eigenvalue weighted by Gasteiger charge is -2.16. The number of sulfonamides is 1. The Balaban J connectivity index is 1.62. The van der Waals surface area contributed by atoms with Crippen LogP contribution in [-0.2, 0) is 14.8 Å². The van der Waals surface area contributed by atoms with Crippen molar-refractivity contribution >= 4 is 27.4 Å². The van der Waals surface area contributed by atoms with Crippen molar-refractivity contribution in [3.8, 4) is 0 Å². The number of hydrogen-bond donors (Lipinski definition) is 2. The summed E-state index contributed by atoms with van der Waals surface area (Å²) >= 11 is 0. The molecule has 1 aliphatic heterocycles. The van der Waals surface area contributed by atoms with Gasteiger partial charge >= 0.3 is 0 Å². The standard InChI is InChI=1S/C16H20N4O4S/c1-12-9-15(19-24-12)18-16(21)11-17-13-5-4-6-14(10-13)25(22,23)20-7-2-3-8-20/h4-6,9-10,17H,2-3,7-8,11H2,1H3,(H,18,19,21). The monoisotopic (exact) mass is 364 g/mol. The number of rotatable bonds is 6. The predicted molar refractivity (Wildman–Crippen MR) is 92.8 cm³/mol. The second kappa shape index (κ2) is 7.24. The molecule has 2 N–H and O–H groups in total. The molecule has 2 heterocycles. The molecule has 1 fully saturated rings. The van der Waals surface area contributed by atoms with Crippen LogP contribution < -0.4 is 10.6 Å². The topological polar surface area (TPSA) is 105 Å². The first-order valence-electron chi connectivity index (χ1n) is 8.02. The van der Waals surface area contributed by atoms with E-state index in [2.05, 4.69) is 15.8 Å². The quantitative estimate of drug-likeness (QED) is 0.810. The summed E-state index contributed by atoms with van der Waals surface area (Å²) in [6.45, 7) is 2.82. The zero-order valence-electron chi connectivity index (χ0n) is 13.9. The van der Waals surface area contributed by atoms with Crippen LogP contribution in [0.5, 0.6) is 0 Å². The summed E-state index contributed by atoms with van der Waals surface area (Å²) in [5.74, 6) is 0.638. The van der Waals surface area contributed by atoms with E-state index in [1.807, 2.05) is 0 Å². The van der Waals surface area contributed by atoms with Gasteiger partial charge in [-0.2, -0.15) is 4.31 Å². The molecule has 0 saturated carbocycles. The molecule has 0 aliphatic carbocycles. The molecule has 0 spiro atoms. The number of hydrogen-bond acceptors (Lipinski definition) is 6. The molecular formula is C16H20N4O4S. The summed E-state index contributed by atoms with van der Waals surface area (Å²) in [7, 11) is -3.48. The Morgan fingerprint density at radius 1 is 1.28 bits per heavy atom. The van der Waals surface area contributed by atoms with Crippen molar-refractivity contribution in [3.05, 3.63) is 36.1 Å². The molecule has 0 unspecified atom stereocenters. The minimum Gasteiger partial charge on any atom is -0.376 e. The molecule has 2 aromatic rings. The Labute approximate surface area is 146 Å². The summed E-state index contributed by atoms with van der Waals surface area (Å²) in [6, 6.07) is 8.10. The SMILES string of the molecule is Cc1cc(NC(=O)CNc2cccc(S(=O)(=O)N3CCCC3)c2)no1. The van der Waals surface area contributed by atoms with Gasteiger partial charge in [0.15, 0.2) is 5.82 Å². The van der Waals surface area contributed by atoms with Crippen LogP contribution in [0.3, 0.4) is 0 Å². The lowest BCUT2D eigenvalue weighted by atomic mass is 10.3. The summed E-state index contributed by atoms with van der Waals surface area (Å²) in [4.78, 5) is 12.1. The Bertz CT molecular complexity index is 857. The van der Waals surface area contributed by atoms with E-state index in [9.17, 15) is 13.2 Å². The number of nitrogens with zero attached hydrogens (tertiary/aromatic N) is 2. The number of anilines is 2. The van der Waals surface area contributed by atoms with Crippen LogP contribution in [0, 0.1) is 6.92 Å². The number of amides is 1. The molecule has 9 heteroatoms. The van der Waals surface area contributed by atoms with E-state index < -0.39 is 10.0 Å². The zero-order chi connectivity index (χ0) is 17.9. The van der Waals surface area contributed by atoms with Crippen molar-refractivity contribution in [1.82, 2.24) is 9.46 Å². The molecule has 1 saturated heterocycles. The van der Waals surface area contributed by atoms with Gasteiger partial charge in [-0.1, -0.05) is 11.2 Å². The molecule has 134 valence electrons. The van der Waals surface area contributed by atoms with Crippen LogP contribution in [-0.4, -0.2) is 43.4 Å². The number of carbonyl (C=O) groups is 1. The average Bonchev–Trinajstić information content (AvgIpc) is 3.25. The van der Waals surface area contributed by atoms with Crippen LogP contribution in [0.1, 0.15) is 18.6 Å². The van der Waals surface area contributed by atoms with E-state index in [4.69, 9.17) is 4.52 Å². The van der Waals surface area contributed by atoms with E-state index in [0.717, 1.165) is 12.8 Å². The second-order valence-corrected chi connectivity index (χ2v) is 7.80. The molecule has 0 atom stereocenters. The third-order valence-electron chi connectivity index (χ3n) is 3.89. The first kappa shape index (κ1) is 17.4. The number of aromatic nitrogens is 1. The Morgan fingerprint density at radius 3 is 2.72 bits per heavy atom. The van der Waals surface area contributed by atoms with Crippen molar-refractivity contribution < 1.29 is 17.7 Å². The molecule has 1 aromatic heterocycles. The van der Waals surface area contributed by atoms with Crippen LogP contribution in [0.2, 0.25) is 0 Å². The van der Waals surface area contributed by atoms with Gasteiger partial charge in [0.1, 0.15) is 5.76 Å². The first-order valence-corrected chi connectivity index (χ1v) is 9.46. The highest BCUT2D eigenvalue weighted by Crippen LogP contribution is 2.23. The largest absolute Gasteiger partial charge is 0.376 e. The Morgan fingerprint density at radius 2 is 2.04 bits per heavy atom. The van der Waals surface area contributed by atoms with Crippen molar-refractivity contribution in [1.29, 1.82) is 0 Å². The maximum atomic E-state index is 12.6. The molecule has 1 aromatic carbocycles. The van der Waals surface area contributed by atoms with Crippen molar-refractivity contribution in [2.24, 2.45) is 0 Å². The third-order valence-corrected chi connectivity index (χ3v) is 5.78. The van der Waals surface area contributed by atoms with Gasteiger partial charge in [0.2, 0.25) is 15.9 Å². The molecule has 3 rings (SSSR count). The molecule has 0 radical (unpaired) electrons. The lowest BCUT2D eigenvalue weighted by molar-refractivity contribution is -0.114. The summed E-state index contributed by atoms with van der Waals surface area (Å²) in [6.07, 6.45) is 1.78. The third kappa shape index (κ3) is 4.18. The lowest BCUT2D eigenvalue weighted by Crippen LogP contribution is -2.28. The summed E-state index contributed by atoms with van der Waals surface area (Å²) < 4.78 is 31.5. The van der Waals surface area contributed by atoms with Gasteiger partial charge in [-0.25, -0.2) is 8.42 Å². The first-order chi connectivity index (χ1) is 11.9. The average molecular weight is 364 g/mol. The predicted octanol–water partition coefficient (Wildman–Crippen LogP) is 1.82. The smallest absolute Gasteiger partial charge is 0.244 e. The van der Waals surface area contributed by atoms with E-state index in [0.29, 0.717) is 30.4 Å². The van der Waals surface area contributed by atoms with E-state index >= 15 is 0 Å². The Hall–Kier alpha value is -2.39. The molecule has 1 aliphatic rings. The van der Waals surface area contributed by atoms with Gasteiger partial charge in [-0.15, -0.1) is 0 Å². The fourth-order valence-corrected chi connectivity index (χ4v) is 4.20. The molecular weight excluding hydrogens is 344 g/mol. The van der Waals surface area contributed by atoms with Gasteiger partial charge in [-0.3, -0.25) is 4.79 Å². The summed E-state index contributed by atoms with van der Waals surface area (Å²) in [5.41, 5.74) is 0.562. The van der Waals surface area contributed by atoms with E-state index in [1.54, 1.807) is 37.3 Å². The number of nitrogens with one attached hydrogen (secondary N) is 2.